The number of rotatable bonds is 5. The van der Waals surface area contributed by atoms with Gasteiger partial charge in [0.1, 0.15) is 5.82 Å². The Bertz CT molecular complexity index is 586. The van der Waals surface area contributed by atoms with Crippen LogP contribution in [-0.4, -0.2) is 10.9 Å². The van der Waals surface area contributed by atoms with Gasteiger partial charge in [0.25, 0.3) is 0 Å². The highest BCUT2D eigenvalue weighted by molar-refractivity contribution is 7.98. The number of nitrogens with zero attached hydrogens (tertiary/aromatic N) is 1. The van der Waals surface area contributed by atoms with E-state index in [9.17, 15) is 4.79 Å². The van der Waals surface area contributed by atoms with Gasteiger partial charge in [0.2, 0.25) is 5.91 Å². The molecule has 104 valence electrons. The second-order valence-electron chi connectivity index (χ2n) is 4.15. The first kappa shape index (κ1) is 14.4. The van der Waals surface area contributed by atoms with Crippen LogP contribution in [0.15, 0.2) is 47.4 Å². The Balaban J connectivity index is 1.94. The first-order chi connectivity index (χ1) is 9.67. The summed E-state index contributed by atoms with van der Waals surface area (Å²) in [7, 11) is 0. The Morgan fingerprint density at radius 1 is 1.25 bits per heavy atom. The fraction of sp³-hybridized carbons (Fsp3) is 0.143. The van der Waals surface area contributed by atoms with Gasteiger partial charge in [-0.25, -0.2) is 10.8 Å². The molecule has 1 aromatic heterocycles. The number of hydrogen-bond donors (Lipinski definition) is 3. The van der Waals surface area contributed by atoms with Crippen molar-refractivity contribution >= 4 is 29.2 Å². The average molecular weight is 288 g/mol. The summed E-state index contributed by atoms with van der Waals surface area (Å²) in [5.74, 6) is 6.68. The molecule has 0 spiro atoms. The van der Waals surface area contributed by atoms with Crippen molar-refractivity contribution in [3.05, 3.63) is 48.2 Å². The minimum atomic E-state index is -0.0688. The molecule has 0 fully saturated rings. The fourth-order valence-corrected chi connectivity index (χ4v) is 2.44. The number of anilines is 2. The lowest BCUT2D eigenvalue weighted by molar-refractivity contribution is -0.114. The maximum absolute atomic E-state index is 10.9. The van der Waals surface area contributed by atoms with E-state index in [0.29, 0.717) is 5.82 Å². The van der Waals surface area contributed by atoms with Crippen LogP contribution in [0.25, 0.3) is 0 Å². The number of benzene rings is 1. The molecule has 0 saturated carbocycles. The first-order valence-corrected chi connectivity index (χ1v) is 7.09. The third-order valence-corrected chi connectivity index (χ3v) is 3.56. The number of carbonyl (C=O) groups is 1. The highest BCUT2D eigenvalue weighted by Gasteiger charge is 2.00. The highest BCUT2D eigenvalue weighted by Crippen LogP contribution is 2.24. The summed E-state index contributed by atoms with van der Waals surface area (Å²) < 4.78 is 0. The maximum atomic E-state index is 10.9. The number of amides is 1. The first-order valence-electron chi connectivity index (χ1n) is 6.10. The molecule has 2 aromatic rings. The topological polar surface area (TPSA) is 80.0 Å². The van der Waals surface area contributed by atoms with Crippen LogP contribution in [0.1, 0.15) is 12.6 Å². The van der Waals surface area contributed by atoms with Crippen molar-refractivity contribution < 1.29 is 4.79 Å². The van der Waals surface area contributed by atoms with Crippen LogP contribution in [0.4, 0.5) is 11.5 Å². The zero-order valence-corrected chi connectivity index (χ0v) is 11.9. The summed E-state index contributed by atoms with van der Waals surface area (Å²) in [6, 6.07) is 13.4. The summed E-state index contributed by atoms with van der Waals surface area (Å²) in [6.07, 6.45) is 0. The van der Waals surface area contributed by atoms with Gasteiger partial charge in [0, 0.05) is 23.3 Å². The van der Waals surface area contributed by atoms with E-state index >= 15 is 0 Å². The number of hydrazine groups is 1. The number of pyridine rings is 1. The average Bonchev–Trinajstić information content (AvgIpc) is 2.46. The van der Waals surface area contributed by atoms with E-state index in [2.05, 4.69) is 15.7 Å². The fourth-order valence-electron chi connectivity index (χ4n) is 1.64. The molecule has 2 rings (SSSR count). The zero-order chi connectivity index (χ0) is 14.4. The van der Waals surface area contributed by atoms with E-state index in [1.54, 1.807) is 11.8 Å². The third-order valence-electron chi connectivity index (χ3n) is 2.52. The summed E-state index contributed by atoms with van der Waals surface area (Å²) in [5, 5.41) is 2.74. The summed E-state index contributed by atoms with van der Waals surface area (Å²) in [6.45, 7) is 1.49. The molecule has 20 heavy (non-hydrogen) atoms. The third kappa shape index (κ3) is 4.25. The van der Waals surface area contributed by atoms with Gasteiger partial charge in [-0.15, -0.1) is 11.8 Å². The normalized spacial score (nSPS) is 10.1. The Hall–Kier alpha value is -2.05. The van der Waals surface area contributed by atoms with Crippen LogP contribution in [0.2, 0.25) is 0 Å². The van der Waals surface area contributed by atoms with E-state index in [1.807, 2.05) is 42.5 Å². The Morgan fingerprint density at radius 3 is 2.65 bits per heavy atom. The predicted molar refractivity (Wildman–Crippen MR) is 82.4 cm³/mol. The Kier molecular flexibility index (Phi) is 4.97. The van der Waals surface area contributed by atoms with Crippen LogP contribution in [0, 0.1) is 0 Å². The molecule has 6 heteroatoms. The van der Waals surface area contributed by atoms with Crippen molar-refractivity contribution in [2.45, 2.75) is 17.6 Å². The van der Waals surface area contributed by atoms with Crippen LogP contribution in [0.3, 0.4) is 0 Å². The number of nitrogens with two attached hydrogens (primary N) is 1. The van der Waals surface area contributed by atoms with E-state index in [4.69, 9.17) is 5.84 Å². The smallest absolute Gasteiger partial charge is 0.221 e. The monoisotopic (exact) mass is 288 g/mol. The lowest BCUT2D eigenvalue weighted by Crippen LogP contribution is -2.08. The molecule has 0 unspecified atom stereocenters. The van der Waals surface area contributed by atoms with E-state index in [-0.39, 0.29) is 5.91 Å². The molecular formula is C14H16N4OS. The van der Waals surface area contributed by atoms with Crippen LogP contribution >= 0.6 is 11.8 Å². The Morgan fingerprint density at radius 2 is 2.00 bits per heavy atom. The molecular weight excluding hydrogens is 272 g/mol. The molecule has 0 aliphatic rings. The number of carbonyl (C=O) groups excluding carboxylic acids is 1. The van der Waals surface area contributed by atoms with Gasteiger partial charge in [-0.2, -0.15) is 0 Å². The summed E-state index contributed by atoms with van der Waals surface area (Å²) >= 11 is 1.68. The summed E-state index contributed by atoms with van der Waals surface area (Å²) in [4.78, 5) is 16.4. The molecule has 0 bridgehead atoms. The van der Waals surface area contributed by atoms with Crippen molar-refractivity contribution in [3.8, 4) is 0 Å². The van der Waals surface area contributed by atoms with Gasteiger partial charge < -0.3 is 10.7 Å². The Labute approximate surface area is 121 Å². The standard InChI is InChI=1S/C14H16N4OS/c1-10(19)16-11-5-7-13(8-6-11)20-9-12-3-2-4-14(17-12)18-15/h2-8H,9,15H2,1H3,(H,16,19)(H,17,18). The van der Waals surface area contributed by atoms with Gasteiger partial charge in [0.15, 0.2) is 0 Å². The SMILES string of the molecule is CC(=O)Nc1ccc(SCc2cccc(NN)n2)cc1. The molecule has 1 amide bonds. The molecule has 0 atom stereocenters. The van der Waals surface area contributed by atoms with E-state index < -0.39 is 0 Å². The molecule has 1 heterocycles. The summed E-state index contributed by atoms with van der Waals surface area (Å²) in [5.41, 5.74) is 4.29. The van der Waals surface area contributed by atoms with Crippen LogP contribution in [-0.2, 0) is 10.5 Å². The second kappa shape index (κ2) is 6.93. The van der Waals surface area contributed by atoms with Crippen molar-refractivity contribution in [1.29, 1.82) is 0 Å². The van der Waals surface area contributed by atoms with E-state index in [0.717, 1.165) is 22.0 Å². The molecule has 4 N–H and O–H groups in total. The number of aromatic nitrogens is 1. The van der Waals surface area contributed by atoms with Gasteiger partial charge in [-0.1, -0.05) is 6.07 Å². The number of nitrogens with one attached hydrogen (secondary N) is 2. The van der Waals surface area contributed by atoms with E-state index in [1.165, 1.54) is 6.92 Å². The number of thioether (sulfide) groups is 1. The van der Waals surface area contributed by atoms with Crippen molar-refractivity contribution in [1.82, 2.24) is 4.98 Å². The lowest BCUT2D eigenvalue weighted by Gasteiger charge is -2.05. The van der Waals surface area contributed by atoms with Crippen molar-refractivity contribution in [3.63, 3.8) is 0 Å². The van der Waals surface area contributed by atoms with Crippen molar-refractivity contribution in [2.75, 3.05) is 10.7 Å². The van der Waals surface area contributed by atoms with Gasteiger partial charge in [0.05, 0.1) is 5.69 Å². The van der Waals surface area contributed by atoms with Gasteiger partial charge in [-0.3, -0.25) is 4.79 Å². The zero-order valence-electron chi connectivity index (χ0n) is 11.1. The molecule has 5 nitrogen and oxygen atoms in total. The van der Waals surface area contributed by atoms with Gasteiger partial charge in [-0.05, 0) is 36.4 Å². The molecule has 0 aliphatic heterocycles. The molecule has 0 aliphatic carbocycles. The predicted octanol–water partition coefficient (Wildman–Crippen LogP) is 2.62. The molecule has 1 aromatic carbocycles. The molecule has 0 saturated heterocycles. The number of hydrogen-bond acceptors (Lipinski definition) is 5. The number of nitrogen functional groups attached to an aromatic ring is 1. The van der Waals surface area contributed by atoms with Gasteiger partial charge >= 0.3 is 0 Å². The minimum absolute atomic E-state index is 0.0688. The minimum Gasteiger partial charge on any atom is -0.326 e. The second-order valence-corrected chi connectivity index (χ2v) is 5.20. The quantitative estimate of drug-likeness (QED) is 0.448. The highest BCUT2D eigenvalue weighted by atomic mass is 32.2. The molecule has 0 radical (unpaired) electrons. The van der Waals surface area contributed by atoms with Crippen LogP contribution < -0.4 is 16.6 Å². The lowest BCUT2D eigenvalue weighted by atomic mass is 10.3. The maximum Gasteiger partial charge on any atom is 0.221 e. The largest absolute Gasteiger partial charge is 0.326 e. The van der Waals surface area contributed by atoms with Crippen LogP contribution in [0.5, 0.6) is 0 Å². The van der Waals surface area contributed by atoms with Crippen molar-refractivity contribution in [2.24, 2.45) is 5.84 Å².